The van der Waals surface area contributed by atoms with Crippen LogP contribution in [0.4, 0.5) is 0 Å². The third-order valence-corrected chi connectivity index (χ3v) is 2.61. The smallest absolute Gasteiger partial charge is 0.310 e. The van der Waals surface area contributed by atoms with E-state index >= 15 is 0 Å². The molecule has 1 atom stereocenters. The van der Waals surface area contributed by atoms with Gasteiger partial charge in [0.15, 0.2) is 0 Å². The fraction of sp³-hybridized carbons (Fsp3) is 0.462. The van der Waals surface area contributed by atoms with Crippen LogP contribution in [-0.2, 0) is 20.7 Å². The number of hydrogen-bond acceptors (Lipinski definition) is 3. The number of esters is 1. The van der Waals surface area contributed by atoms with Gasteiger partial charge < -0.3 is 9.47 Å². The van der Waals surface area contributed by atoms with Crippen LogP contribution in [0.2, 0.25) is 0 Å². The maximum absolute atomic E-state index is 11.6. The molecule has 2 rings (SSSR count). The quantitative estimate of drug-likeness (QED) is 0.730. The van der Waals surface area contributed by atoms with Crippen LogP contribution < -0.4 is 0 Å². The highest BCUT2D eigenvalue weighted by molar-refractivity contribution is 5.72. The van der Waals surface area contributed by atoms with E-state index in [9.17, 15) is 4.79 Å². The van der Waals surface area contributed by atoms with E-state index in [0.29, 0.717) is 13.0 Å². The zero-order valence-corrected chi connectivity index (χ0v) is 9.22. The molecule has 1 aromatic carbocycles. The van der Waals surface area contributed by atoms with E-state index in [1.807, 2.05) is 30.3 Å². The molecular formula is C13H16O3. The van der Waals surface area contributed by atoms with Gasteiger partial charge in [0.05, 0.1) is 13.0 Å². The highest BCUT2D eigenvalue weighted by Crippen LogP contribution is 2.11. The molecule has 16 heavy (non-hydrogen) atoms. The summed E-state index contributed by atoms with van der Waals surface area (Å²) in [6, 6.07) is 9.64. The molecule has 0 radical (unpaired) electrons. The Hall–Kier alpha value is -1.35. The minimum Gasteiger partial charge on any atom is -0.460 e. The van der Waals surface area contributed by atoms with Gasteiger partial charge in [0.1, 0.15) is 6.10 Å². The second kappa shape index (κ2) is 5.66. The summed E-state index contributed by atoms with van der Waals surface area (Å²) in [6.07, 6.45) is 2.19. The van der Waals surface area contributed by atoms with Crippen LogP contribution in [0.15, 0.2) is 30.3 Å². The first-order chi connectivity index (χ1) is 7.84. The maximum Gasteiger partial charge on any atom is 0.310 e. The highest BCUT2D eigenvalue weighted by atomic mass is 16.6. The monoisotopic (exact) mass is 220 g/mol. The standard InChI is InChI=1S/C13H16O3/c14-13(9-11-5-2-1-3-6-11)16-12-7-4-8-15-10-12/h1-3,5-6,12H,4,7-10H2. The lowest BCUT2D eigenvalue weighted by Gasteiger charge is -2.22. The Morgan fingerprint density at radius 1 is 1.38 bits per heavy atom. The molecule has 1 unspecified atom stereocenters. The first-order valence-electron chi connectivity index (χ1n) is 5.66. The van der Waals surface area contributed by atoms with Crippen LogP contribution in [0, 0.1) is 0 Å². The molecule has 0 amide bonds. The van der Waals surface area contributed by atoms with Gasteiger partial charge in [-0.25, -0.2) is 0 Å². The lowest BCUT2D eigenvalue weighted by atomic mass is 10.1. The van der Waals surface area contributed by atoms with E-state index in [-0.39, 0.29) is 12.1 Å². The molecular weight excluding hydrogens is 204 g/mol. The van der Waals surface area contributed by atoms with Crippen LogP contribution in [0.1, 0.15) is 18.4 Å². The lowest BCUT2D eigenvalue weighted by molar-refractivity contribution is -0.154. The number of ether oxygens (including phenoxy) is 2. The van der Waals surface area contributed by atoms with E-state index in [2.05, 4.69) is 0 Å². The number of carbonyl (C=O) groups is 1. The minimum absolute atomic E-state index is 0.0510. The summed E-state index contributed by atoms with van der Waals surface area (Å²) in [4.78, 5) is 11.6. The van der Waals surface area contributed by atoms with Gasteiger partial charge >= 0.3 is 5.97 Å². The van der Waals surface area contributed by atoms with E-state index in [4.69, 9.17) is 9.47 Å². The summed E-state index contributed by atoms with van der Waals surface area (Å²) >= 11 is 0. The third kappa shape index (κ3) is 3.35. The van der Waals surface area contributed by atoms with Crippen LogP contribution in [0.25, 0.3) is 0 Å². The highest BCUT2D eigenvalue weighted by Gasteiger charge is 2.18. The molecule has 3 nitrogen and oxygen atoms in total. The molecule has 1 saturated heterocycles. The van der Waals surface area contributed by atoms with Crippen LogP contribution in [0.3, 0.4) is 0 Å². The van der Waals surface area contributed by atoms with Gasteiger partial charge in [0.2, 0.25) is 0 Å². The van der Waals surface area contributed by atoms with Crippen LogP contribution in [0.5, 0.6) is 0 Å². The largest absolute Gasteiger partial charge is 0.460 e. The molecule has 86 valence electrons. The second-order valence-electron chi connectivity index (χ2n) is 3.99. The molecule has 1 fully saturated rings. The van der Waals surface area contributed by atoms with E-state index in [0.717, 1.165) is 25.0 Å². The summed E-state index contributed by atoms with van der Waals surface area (Å²) in [5.41, 5.74) is 0.990. The number of hydrogen-bond donors (Lipinski definition) is 0. The van der Waals surface area contributed by atoms with Gasteiger partial charge in [-0.15, -0.1) is 0 Å². The zero-order valence-electron chi connectivity index (χ0n) is 9.22. The van der Waals surface area contributed by atoms with Gasteiger partial charge in [-0.1, -0.05) is 30.3 Å². The van der Waals surface area contributed by atoms with Crippen molar-refractivity contribution in [3.8, 4) is 0 Å². The van der Waals surface area contributed by atoms with Crippen molar-refractivity contribution in [3.05, 3.63) is 35.9 Å². The summed E-state index contributed by atoms with van der Waals surface area (Å²) in [5, 5.41) is 0. The molecule has 0 aromatic heterocycles. The van der Waals surface area contributed by atoms with Crippen molar-refractivity contribution in [2.75, 3.05) is 13.2 Å². The first-order valence-corrected chi connectivity index (χ1v) is 5.66. The predicted octanol–water partition coefficient (Wildman–Crippen LogP) is 1.95. The molecule has 0 spiro atoms. The van der Waals surface area contributed by atoms with Crippen molar-refractivity contribution in [3.63, 3.8) is 0 Å². The van der Waals surface area contributed by atoms with E-state index < -0.39 is 0 Å². The van der Waals surface area contributed by atoms with Gasteiger partial charge in [-0.3, -0.25) is 4.79 Å². The van der Waals surface area contributed by atoms with Gasteiger partial charge in [0.25, 0.3) is 0 Å². The van der Waals surface area contributed by atoms with Crippen molar-refractivity contribution in [2.45, 2.75) is 25.4 Å². The second-order valence-corrected chi connectivity index (χ2v) is 3.99. The van der Waals surface area contributed by atoms with Gasteiger partial charge in [-0.2, -0.15) is 0 Å². The summed E-state index contributed by atoms with van der Waals surface area (Å²) in [5.74, 6) is -0.165. The normalized spacial score (nSPS) is 20.4. The average Bonchev–Trinajstić information content (AvgIpc) is 2.31. The molecule has 0 saturated carbocycles. The molecule has 0 bridgehead atoms. The molecule has 1 aliphatic heterocycles. The van der Waals surface area contributed by atoms with Crippen molar-refractivity contribution >= 4 is 5.97 Å². The molecule has 1 aromatic rings. The number of carbonyl (C=O) groups excluding carboxylic acids is 1. The third-order valence-electron chi connectivity index (χ3n) is 2.61. The van der Waals surface area contributed by atoms with Crippen molar-refractivity contribution in [1.29, 1.82) is 0 Å². The Balaban J connectivity index is 1.80. The van der Waals surface area contributed by atoms with Crippen molar-refractivity contribution in [1.82, 2.24) is 0 Å². The number of rotatable bonds is 3. The Labute approximate surface area is 95.4 Å². The van der Waals surface area contributed by atoms with Crippen LogP contribution in [-0.4, -0.2) is 25.3 Å². The molecule has 1 heterocycles. The summed E-state index contributed by atoms with van der Waals surface area (Å²) < 4.78 is 10.6. The molecule has 3 heteroatoms. The van der Waals surface area contributed by atoms with Gasteiger partial charge in [-0.05, 0) is 18.4 Å². The molecule has 1 aliphatic rings. The van der Waals surface area contributed by atoms with Gasteiger partial charge in [0, 0.05) is 6.61 Å². The molecule has 0 aliphatic carbocycles. The summed E-state index contributed by atoms with van der Waals surface area (Å²) in [6.45, 7) is 1.33. The van der Waals surface area contributed by atoms with Crippen molar-refractivity contribution < 1.29 is 14.3 Å². The zero-order chi connectivity index (χ0) is 11.2. The SMILES string of the molecule is O=C(Cc1ccccc1)OC1CCCOC1. The van der Waals surface area contributed by atoms with E-state index in [1.54, 1.807) is 0 Å². The Morgan fingerprint density at radius 3 is 2.88 bits per heavy atom. The fourth-order valence-corrected chi connectivity index (χ4v) is 1.79. The Bertz CT molecular complexity index is 328. The Kier molecular flexibility index (Phi) is 3.94. The fourth-order valence-electron chi connectivity index (χ4n) is 1.79. The van der Waals surface area contributed by atoms with Crippen molar-refractivity contribution in [2.24, 2.45) is 0 Å². The van der Waals surface area contributed by atoms with E-state index in [1.165, 1.54) is 0 Å². The molecule has 0 N–H and O–H groups in total. The average molecular weight is 220 g/mol. The first kappa shape index (κ1) is 11.1. The minimum atomic E-state index is -0.165. The summed E-state index contributed by atoms with van der Waals surface area (Å²) in [7, 11) is 0. The maximum atomic E-state index is 11.6. The Morgan fingerprint density at radius 2 is 2.19 bits per heavy atom. The van der Waals surface area contributed by atoms with Crippen LogP contribution >= 0.6 is 0 Å². The number of benzene rings is 1. The lowest BCUT2D eigenvalue weighted by Crippen LogP contribution is -2.28. The predicted molar refractivity (Wildman–Crippen MR) is 60.1 cm³/mol. The topological polar surface area (TPSA) is 35.5 Å².